The topological polar surface area (TPSA) is 52.6 Å². The van der Waals surface area contributed by atoms with Crippen LogP contribution in [0.25, 0.3) is 0 Å². The highest BCUT2D eigenvalue weighted by Gasteiger charge is 2.15. The maximum atomic E-state index is 11.6. The van der Waals surface area contributed by atoms with Crippen molar-refractivity contribution in [2.45, 2.75) is 6.92 Å². The number of aryl methyl sites for hydroxylation is 1. The third-order valence-corrected chi connectivity index (χ3v) is 2.92. The molecule has 0 heterocycles. The van der Waals surface area contributed by atoms with E-state index < -0.39 is 10.4 Å². The molecule has 0 saturated carbocycles. The quantitative estimate of drug-likeness (QED) is 0.852. The van der Waals surface area contributed by atoms with Crippen molar-refractivity contribution in [2.75, 3.05) is 0 Å². The molecule has 0 unspecified atom stereocenters. The lowest BCUT2D eigenvalue weighted by atomic mass is 10.2. The first-order valence-corrected chi connectivity index (χ1v) is 6.64. The van der Waals surface area contributed by atoms with Crippen molar-refractivity contribution in [1.82, 2.24) is 0 Å². The van der Waals surface area contributed by atoms with Gasteiger partial charge in [-0.15, -0.1) is 8.42 Å². The predicted octanol–water partition coefficient (Wildman–Crippen LogP) is 2.70. The molecule has 0 aromatic heterocycles. The Labute approximate surface area is 106 Å². The van der Waals surface area contributed by atoms with E-state index >= 15 is 0 Å². The fourth-order valence-corrected chi connectivity index (χ4v) is 2.12. The molecule has 0 N–H and O–H groups in total. The van der Waals surface area contributed by atoms with Gasteiger partial charge in [-0.2, -0.15) is 0 Å². The van der Waals surface area contributed by atoms with Gasteiger partial charge in [-0.25, -0.2) is 0 Å². The van der Waals surface area contributed by atoms with Crippen molar-refractivity contribution in [3.05, 3.63) is 60.2 Å². The van der Waals surface area contributed by atoms with E-state index in [0.29, 0.717) is 0 Å². The van der Waals surface area contributed by atoms with Crippen molar-refractivity contribution in [3.8, 4) is 11.5 Å². The van der Waals surface area contributed by atoms with Crippen LogP contribution in [0.4, 0.5) is 0 Å². The lowest BCUT2D eigenvalue weighted by Gasteiger charge is -2.07. The van der Waals surface area contributed by atoms with Crippen molar-refractivity contribution in [3.63, 3.8) is 0 Å². The SMILES string of the molecule is Cc1cccc(OS(=O)(=O)Oc2ccccc2)c1. The molecule has 0 aliphatic rings. The van der Waals surface area contributed by atoms with E-state index in [-0.39, 0.29) is 11.5 Å². The zero-order valence-corrected chi connectivity index (χ0v) is 10.6. The minimum Gasteiger partial charge on any atom is -0.353 e. The standard InChI is InChI=1S/C13H12O4S/c1-11-6-5-9-13(10-11)17-18(14,15)16-12-7-3-2-4-8-12/h2-10H,1H3. The minimum absolute atomic E-state index is 0.213. The fourth-order valence-electron chi connectivity index (χ4n) is 1.40. The van der Waals surface area contributed by atoms with Crippen LogP contribution in [-0.2, 0) is 10.4 Å². The fraction of sp³-hybridized carbons (Fsp3) is 0.0769. The summed E-state index contributed by atoms with van der Waals surface area (Å²) >= 11 is 0. The molecular formula is C13H12O4S. The molecular weight excluding hydrogens is 252 g/mol. The second kappa shape index (κ2) is 5.10. The molecule has 0 bridgehead atoms. The molecule has 2 rings (SSSR count). The van der Waals surface area contributed by atoms with Crippen LogP contribution in [0, 0.1) is 6.92 Å². The van der Waals surface area contributed by atoms with Crippen LogP contribution in [0.3, 0.4) is 0 Å². The van der Waals surface area contributed by atoms with Gasteiger partial charge in [0.2, 0.25) is 0 Å². The van der Waals surface area contributed by atoms with Gasteiger partial charge in [0, 0.05) is 0 Å². The van der Waals surface area contributed by atoms with Gasteiger partial charge in [0.1, 0.15) is 11.5 Å². The summed E-state index contributed by atoms with van der Waals surface area (Å²) < 4.78 is 32.9. The number of para-hydroxylation sites is 1. The Morgan fingerprint density at radius 3 is 2.11 bits per heavy atom. The van der Waals surface area contributed by atoms with E-state index in [1.54, 1.807) is 36.4 Å². The summed E-state index contributed by atoms with van der Waals surface area (Å²) in [5, 5.41) is 0. The van der Waals surface area contributed by atoms with E-state index in [0.717, 1.165) is 5.56 Å². The number of hydrogen-bond donors (Lipinski definition) is 0. The Bertz CT molecular complexity index is 620. The van der Waals surface area contributed by atoms with Gasteiger partial charge >= 0.3 is 10.4 Å². The van der Waals surface area contributed by atoms with Crippen molar-refractivity contribution >= 4 is 10.4 Å². The van der Waals surface area contributed by atoms with Gasteiger partial charge in [0.05, 0.1) is 0 Å². The lowest BCUT2D eigenvalue weighted by Crippen LogP contribution is -2.16. The summed E-state index contributed by atoms with van der Waals surface area (Å²) in [4.78, 5) is 0. The maximum Gasteiger partial charge on any atom is 0.500 e. The van der Waals surface area contributed by atoms with E-state index in [1.165, 1.54) is 12.1 Å². The first-order chi connectivity index (χ1) is 8.55. The molecule has 18 heavy (non-hydrogen) atoms. The Morgan fingerprint density at radius 2 is 1.44 bits per heavy atom. The highest BCUT2D eigenvalue weighted by molar-refractivity contribution is 7.82. The molecule has 94 valence electrons. The Balaban J connectivity index is 2.13. The second-order valence-corrected chi connectivity index (χ2v) is 4.85. The summed E-state index contributed by atoms with van der Waals surface area (Å²) in [6, 6.07) is 14.9. The maximum absolute atomic E-state index is 11.6. The molecule has 0 saturated heterocycles. The Morgan fingerprint density at radius 1 is 0.833 bits per heavy atom. The molecule has 4 nitrogen and oxygen atoms in total. The molecule has 5 heteroatoms. The molecule has 0 radical (unpaired) electrons. The van der Waals surface area contributed by atoms with Crippen LogP contribution >= 0.6 is 0 Å². The van der Waals surface area contributed by atoms with E-state index in [2.05, 4.69) is 0 Å². The summed E-state index contributed by atoms with van der Waals surface area (Å²) in [5.41, 5.74) is 0.905. The summed E-state index contributed by atoms with van der Waals surface area (Å²) in [6.45, 7) is 1.84. The average molecular weight is 264 g/mol. The average Bonchev–Trinajstić information content (AvgIpc) is 2.28. The third kappa shape index (κ3) is 3.49. The first-order valence-electron chi connectivity index (χ1n) is 5.31. The van der Waals surface area contributed by atoms with Crippen LogP contribution in [-0.4, -0.2) is 8.42 Å². The van der Waals surface area contributed by atoms with Crippen molar-refractivity contribution in [1.29, 1.82) is 0 Å². The Kier molecular flexibility index (Phi) is 3.53. The van der Waals surface area contributed by atoms with Crippen LogP contribution in [0.15, 0.2) is 54.6 Å². The number of benzene rings is 2. The molecule has 0 amide bonds. The van der Waals surface area contributed by atoms with Gasteiger partial charge < -0.3 is 8.37 Å². The highest BCUT2D eigenvalue weighted by Crippen LogP contribution is 2.17. The normalized spacial score (nSPS) is 10.9. The molecule has 0 atom stereocenters. The first kappa shape index (κ1) is 12.4. The van der Waals surface area contributed by atoms with Crippen LogP contribution < -0.4 is 8.37 Å². The van der Waals surface area contributed by atoms with E-state index in [4.69, 9.17) is 8.37 Å². The number of rotatable bonds is 4. The van der Waals surface area contributed by atoms with Crippen molar-refractivity contribution < 1.29 is 16.8 Å². The summed E-state index contributed by atoms with van der Waals surface area (Å²) in [6.07, 6.45) is 0. The highest BCUT2D eigenvalue weighted by atomic mass is 32.3. The minimum atomic E-state index is -4.10. The van der Waals surface area contributed by atoms with Gasteiger partial charge in [-0.3, -0.25) is 0 Å². The van der Waals surface area contributed by atoms with Gasteiger partial charge in [-0.1, -0.05) is 30.3 Å². The summed E-state index contributed by atoms with van der Waals surface area (Å²) in [5.74, 6) is 0.441. The van der Waals surface area contributed by atoms with Crippen LogP contribution in [0.2, 0.25) is 0 Å². The monoisotopic (exact) mass is 264 g/mol. The molecule has 0 spiro atoms. The van der Waals surface area contributed by atoms with Crippen molar-refractivity contribution in [2.24, 2.45) is 0 Å². The van der Waals surface area contributed by atoms with Gasteiger partial charge in [0.25, 0.3) is 0 Å². The predicted molar refractivity (Wildman–Crippen MR) is 67.8 cm³/mol. The summed E-state index contributed by atoms with van der Waals surface area (Å²) in [7, 11) is -4.10. The zero-order chi connectivity index (χ0) is 13.0. The molecule has 2 aromatic carbocycles. The third-order valence-electron chi connectivity index (χ3n) is 2.13. The molecule has 2 aromatic rings. The molecule has 0 aliphatic heterocycles. The Hall–Kier alpha value is -2.01. The van der Waals surface area contributed by atoms with Gasteiger partial charge in [0.15, 0.2) is 0 Å². The van der Waals surface area contributed by atoms with Gasteiger partial charge in [-0.05, 0) is 36.8 Å². The zero-order valence-electron chi connectivity index (χ0n) is 9.74. The second-order valence-electron chi connectivity index (χ2n) is 3.70. The number of hydrogen-bond acceptors (Lipinski definition) is 4. The molecule has 0 aliphatic carbocycles. The van der Waals surface area contributed by atoms with E-state index in [1.807, 2.05) is 13.0 Å². The van der Waals surface area contributed by atoms with E-state index in [9.17, 15) is 8.42 Å². The molecule has 0 fully saturated rings. The lowest BCUT2D eigenvalue weighted by molar-refractivity contribution is 0.392. The largest absolute Gasteiger partial charge is 0.500 e. The smallest absolute Gasteiger partial charge is 0.353 e. The van der Waals surface area contributed by atoms with Crippen LogP contribution in [0.1, 0.15) is 5.56 Å². The van der Waals surface area contributed by atoms with Crippen LogP contribution in [0.5, 0.6) is 11.5 Å².